The van der Waals surface area contributed by atoms with Crippen LogP contribution in [0.3, 0.4) is 0 Å². The molecule has 3 rings (SSSR count). The van der Waals surface area contributed by atoms with Crippen molar-refractivity contribution in [2.75, 3.05) is 0 Å². The zero-order chi connectivity index (χ0) is 15.2. The number of halogens is 2. The molecule has 1 aromatic carbocycles. The smallest absolute Gasteiger partial charge is 0.224 e. The van der Waals surface area contributed by atoms with Crippen molar-refractivity contribution in [3.8, 4) is 0 Å². The summed E-state index contributed by atoms with van der Waals surface area (Å²) in [4.78, 5) is 7.92. The lowest BCUT2D eigenvalue weighted by molar-refractivity contribution is 0.581. The average Bonchev–Trinajstić information content (AvgIpc) is 2.79. The SMILES string of the molecule is Cc1ccc(S(=O)(=O)n2nc(Br)c3c(Cl)ncnc32)cc1. The van der Waals surface area contributed by atoms with Gasteiger partial charge in [-0.25, -0.2) is 9.97 Å². The highest BCUT2D eigenvalue weighted by atomic mass is 79.9. The Morgan fingerprint density at radius 2 is 1.86 bits per heavy atom. The normalized spacial score (nSPS) is 12.0. The maximum absolute atomic E-state index is 12.7. The van der Waals surface area contributed by atoms with Gasteiger partial charge in [-0.2, -0.15) is 8.42 Å². The van der Waals surface area contributed by atoms with Crippen LogP contribution in [0.2, 0.25) is 5.15 Å². The zero-order valence-corrected chi connectivity index (χ0v) is 13.8. The number of aromatic nitrogens is 4. The number of aryl methyl sites for hydroxylation is 1. The van der Waals surface area contributed by atoms with Gasteiger partial charge in [-0.15, -0.1) is 9.19 Å². The highest BCUT2D eigenvalue weighted by Crippen LogP contribution is 2.29. The molecule has 0 aliphatic rings. The van der Waals surface area contributed by atoms with Gasteiger partial charge in [0.15, 0.2) is 5.65 Å². The molecule has 0 spiro atoms. The van der Waals surface area contributed by atoms with Gasteiger partial charge in [-0.1, -0.05) is 29.3 Å². The second-order valence-corrected chi connectivity index (χ2v) is 7.19. The van der Waals surface area contributed by atoms with Gasteiger partial charge in [0.05, 0.1) is 10.3 Å². The van der Waals surface area contributed by atoms with E-state index in [1.165, 1.54) is 18.5 Å². The van der Waals surface area contributed by atoms with E-state index in [1.807, 2.05) is 6.92 Å². The van der Waals surface area contributed by atoms with Gasteiger partial charge in [0, 0.05) is 0 Å². The van der Waals surface area contributed by atoms with Crippen LogP contribution in [0.4, 0.5) is 0 Å². The molecule has 0 atom stereocenters. The Kier molecular flexibility index (Phi) is 3.46. The number of benzene rings is 1. The minimum atomic E-state index is -3.85. The van der Waals surface area contributed by atoms with Crippen molar-refractivity contribution in [2.24, 2.45) is 0 Å². The lowest BCUT2D eigenvalue weighted by atomic mass is 10.2. The fourth-order valence-electron chi connectivity index (χ4n) is 1.83. The first kappa shape index (κ1) is 14.4. The van der Waals surface area contributed by atoms with Crippen LogP contribution in [0.5, 0.6) is 0 Å². The summed E-state index contributed by atoms with van der Waals surface area (Å²) in [7, 11) is -3.85. The Morgan fingerprint density at radius 1 is 1.19 bits per heavy atom. The van der Waals surface area contributed by atoms with E-state index in [0.717, 1.165) is 9.65 Å². The van der Waals surface area contributed by atoms with Crippen LogP contribution in [-0.2, 0) is 10.0 Å². The predicted octanol–water partition coefficient (Wildman–Crippen LogP) is 2.79. The second kappa shape index (κ2) is 5.04. The van der Waals surface area contributed by atoms with Gasteiger partial charge in [-0.3, -0.25) is 0 Å². The Bertz CT molecular complexity index is 938. The molecule has 0 amide bonds. The highest BCUT2D eigenvalue weighted by Gasteiger charge is 2.24. The molecular weight excluding hydrogens is 380 g/mol. The topological polar surface area (TPSA) is 77.7 Å². The number of rotatable bonds is 2. The van der Waals surface area contributed by atoms with Crippen molar-refractivity contribution in [1.29, 1.82) is 0 Å². The molecule has 0 aliphatic carbocycles. The van der Waals surface area contributed by atoms with Gasteiger partial charge in [0.25, 0.3) is 10.0 Å². The maximum Gasteiger partial charge on any atom is 0.284 e. The quantitative estimate of drug-likeness (QED) is 0.632. The summed E-state index contributed by atoms with van der Waals surface area (Å²) in [5.41, 5.74) is 1.09. The van der Waals surface area contributed by atoms with E-state index in [2.05, 4.69) is 31.0 Å². The molecule has 0 bridgehead atoms. The molecule has 2 heterocycles. The number of hydrogen-bond donors (Lipinski definition) is 0. The first-order valence-electron chi connectivity index (χ1n) is 5.78. The molecular formula is C12H8BrClN4O2S. The standard InChI is InChI=1S/C12H8BrClN4O2S/c1-7-2-4-8(5-3-7)21(19,20)18-12-9(10(13)17-18)11(14)15-6-16-12/h2-6H,1H3. The van der Waals surface area contributed by atoms with Gasteiger partial charge >= 0.3 is 0 Å². The monoisotopic (exact) mass is 386 g/mol. The summed E-state index contributed by atoms with van der Waals surface area (Å²) in [6.07, 6.45) is 1.19. The Balaban J connectivity index is 2.29. The first-order chi connectivity index (χ1) is 9.91. The van der Waals surface area contributed by atoms with E-state index in [4.69, 9.17) is 11.6 Å². The fourth-order valence-corrected chi connectivity index (χ4v) is 4.03. The van der Waals surface area contributed by atoms with Gasteiger partial charge in [-0.05, 0) is 35.0 Å². The third-order valence-corrected chi connectivity index (χ3v) is 5.31. The minimum absolute atomic E-state index is 0.125. The Hall–Kier alpha value is -1.51. The van der Waals surface area contributed by atoms with Crippen LogP contribution in [0.25, 0.3) is 11.0 Å². The van der Waals surface area contributed by atoms with Crippen molar-refractivity contribution in [1.82, 2.24) is 19.2 Å². The summed E-state index contributed by atoms with van der Waals surface area (Å²) < 4.78 is 26.4. The third-order valence-electron chi connectivity index (χ3n) is 2.89. The maximum atomic E-state index is 12.7. The Labute approximate surface area is 134 Å². The lowest BCUT2D eigenvalue weighted by Crippen LogP contribution is -2.15. The average molecular weight is 388 g/mol. The molecule has 108 valence electrons. The number of nitrogens with zero attached hydrogens (tertiary/aromatic N) is 4. The molecule has 0 unspecified atom stereocenters. The summed E-state index contributed by atoms with van der Waals surface area (Å²) in [5, 5.41) is 4.47. The van der Waals surface area contributed by atoms with Gasteiger partial charge in [0.2, 0.25) is 0 Å². The molecule has 3 aromatic rings. The molecule has 9 heteroatoms. The lowest BCUT2D eigenvalue weighted by Gasteiger charge is -2.05. The molecule has 0 N–H and O–H groups in total. The van der Waals surface area contributed by atoms with E-state index >= 15 is 0 Å². The minimum Gasteiger partial charge on any atom is -0.224 e. The summed E-state index contributed by atoms with van der Waals surface area (Å²) in [5.74, 6) is 0. The van der Waals surface area contributed by atoms with Crippen molar-refractivity contribution in [3.05, 3.63) is 45.9 Å². The molecule has 21 heavy (non-hydrogen) atoms. The molecule has 0 saturated carbocycles. The van der Waals surface area contributed by atoms with Crippen LogP contribution in [0, 0.1) is 6.92 Å². The van der Waals surface area contributed by atoms with E-state index < -0.39 is 10.0 Å². The van der Waals surface area contributed by atoms with Crippen molar-refractivity contribution < 1.29 is 8.42 Å². The fraction of sp³-hybridized carbons (Fsp3) is 0.0833. The third kappa shape index (κ3) is 2.33. The van der Waals surface area contributed by atoms with E-state index in [1.54, 1.807) is 12.1 Å². The summed E-state index contributed by atoms with van der Waals surface area (Å²) >= 11 is 9.15. The van der Waals surface area contributed by atoms with Crippen LogP contribution in [0.1, 0.15) is 5.56 Å². The number of hydrogen-bond acceptors (Lipinski definition) is 5. The molecule has 0 aliphatic heterocycles. The van der Waals surface area contributed by atoms with Crippen molar-refractivity contribution in [3.63, 3.8) is 0 Å². The molecule has 0 saturated heterocycles. The predicted molar refractivity (Wildman–Crippen MR) is 81.8 cm³/mol. The van der Waals surface area contributed by atoms with Crippen molar-refractivity contribution in [2.45, 2.75) is 11.8 Å². The van der Waals surface area contributed by atoms with Gasteiger partial charge < -0.3 is 0 Å². The van der Waals surface area contributed by atoms with Crippen LogP contribution in [-0.4, -0.2) is 27.6 Å². The summed E-state index contributed by atoms with van der Waals surface area (Å²) in [6, 6.07) is 6.48. The van der Waals surface area contributed by atoms with E-state index in [9.17, 15) is 8.42 Å². The largest absolute Gasteiger partial charge is 0.284 e. The van der Waals surface area contributed by atoms with E-state index in [0.29, 0.717) is 5.39 Å². The van der Waals surface area contributed by atoms with E-state index in [-0.39, 0.29) is 20.3 Å². The Morgan fingerprint density at radius 3 is 2.52 bits per heavy atom. The first-order valence-corrected chi connectivity index (χ1v) is 8.39. The zero-order valence-electron chi connectivity index (χ0n) is 10.7. The molecule has 2 aromatic heterocycles. The molecule has 6 nitrogen and oxygen atoms in total. The van der Waals surface area contributed by atoms with Crippen molar-refractivity contribution >= 4 is 48.6 Å². The number of fused-ring (bicyclic) bond motifs is 1. The summed E-state index contributed by atoms with van der Waals surface area (Å²) in [6.45, 7) is 1.88. The van der Waals surface area contributed by atoms with Crippen LogP contribution in [0.15, 0.2) is 40.1 Å². The van der Waals surface area contributed by atoms with Crippen LogP contribution < -0.4 is 0 Å². The van der Waals surface area contributed by atoms with Crippen LogP contribution >= 0.6 is 27.5 Å². The molecule has 0 radical (unpaired) electrons. The highest BCUT2D eigenvalue weighted by molar-refractivity contribution is 9.10. The second-order valence-electron chi connectivity index (χ2n) is 4.31. The van der Waals surface area contributed by atoms with Gasteiger partial charge in [0.1, 0.15) is 16.1 Å². The molecule has 0 fully saturated rings.